The van der Waals surface area contributed by atoms with Crippen molar-refractivity contribution in [1.82, 2.24) is 10.7 Å². The summed E-state index contributed by atoms with van der Waals surface area (Å²) in [5, 5.41) is 6.38. The molecule has 18 heavy (non-hydrogen) atoms. The quantitative estimate of drug-likeness (QED) is 0.296. The molecule has 0 aliphatic carbocycles. The lowest BCUT2D eigenvalue weighted by Gasteiger charge is -2.04. The Hall–Kier alpha value is -1.88. The van der Waals surface area contributed by atoms with Crippen LogP contribution in [0.1, 0.15) is 12.5 Å². The van der Waals surface area contributed by atoms with Crippen LogP contribution in [0.3, 0.4) is 0 Å². The predicted molar refractivity (Wildman–Crippen MR) is 77.7 cm³/mol. The van der Waals surface area contributed by atoms with Crippen LogP contribution in [0.5, 0.6) is 5.75 Å². The molecule has 0 fully saturated rings. The minimum absolute atomic E-state index is 0.514. The minimum Gasteiger partial charge on any atom is -0.493 e. The summed E-state index contributed by atoms with van der Waals surface area (Å²) in [4.78, 5) is 0. The maximum atomic E-state index is 5.50. The van der Waals surface area contributed by atoms with Crippen molar-refractivity contribution in [1.29, 1.82) is 0 Å². The van der Waals surface area contributed by atoms with Gasteiger partial charge in [-0.25, -0.2) is 0 Å². The van der Waals surface area contributed by atoms with Gasteiger partial charge in [0.25, 0.3) is 0 Å². The Balaban J connectivity index is 2.55. The number of hydrazine groups is 1. The third kappa shape index (κ3) is 4.97. The summed E-state index contributed by atoms with van der Waals surface area (Å²) in [6.45, 7) is 6.82. The number of ether oxygens (including phenoxy) is 1. The first-order chi connectivity index (χ1) is 8.77. The summed E-state index contributed by atoms with van der Waals surface area (Å²) >= 11 is 5.04. The molecule has 1 aromatic carbocycles. The van der Waals surface area contributed by atoms with Gasteiger partial charge in [-0.2, -0.15) is 0 Å². The fourth-order valence-electron chi connectivity index (χ4n) is 1.28. The van der Waals surface area contributed by atoms with Crippen LogP contribution < -0.4 is 20.6 Å². The number of thiocarbonyl (C=S) groups is 1. The van der Waals surface area contributed by atoms with E-state index in [4.69, 9.17) is 17.0 Å². The van der Waals surface area contributed by atoms with E-state index in [1.54, 1.807) is 12.3 Å². The first kappa shape index (κ1) is 14.2. The molecule has 0 aliphatic rings. The molecule has 0 amide bonds. The van der Waals surface area contributed by atoms with Gasteiger partial charge in [0.05, 0.1) is 12.2 Å². The Morgan fingerprint density at radius 1 is 1.50 bits per heavy atom. The monoisotopic (exact) mass is 264 g/mol. The molecule has 0 radical (unpaired) electrons. The normalized spacial score (nSPS) is 10.1. The van der Waals surface area contributed by atoms with E-state index in [9.17, 15) is 0 Å². The third-order valence-corrected chi connectivity index (χ3v) is 2.29. The zero-order valence-electron chi connectivity index (χ0n) is 10.4. The average Bonchev–Trinajstić information content (AvgIpc) is 2.38. The number of nitrogens with one attached hydrogen (secondary N) is 3. The van der Waals surface area contributed by atoms with E-state index in [0.717, 1.165) is 11.3 Å². The fraction of sp³-hybridized carbons (Fsp3) is 0.231. The van der Waals surface area contributed by atoms with Crippen molar-refractivity contribution in [3.8, 4) is 5.75 Å². The van der Waals surface area contributed by atoms with Crippen LogP contribution in [0.4, 0.5) is 0 Å². The van der Waals surface area contributed by atoms with Gasteiger partial charge in [-0.3, -0.25) is 0 Å². The molecule has 1 rings (SSSR count). The van der Waals surface area contributed by atoms with Gasteiger partial charge in [-0.1, -0.05) is 18.2 Å². The number of hydrazone groups is 1. The SMILES string of the molecule is C=CCNC(=S)N[NH+]=Cc1ccccc1OCC. The van der Waals surface area contributed by atoms with Gasteiger partial charge in [0.1, 0.15) is 5.75 Å². The van der Waals surface area contributed by atoms with Gasteiger partial charge in [0.2, 0.25) is 11.3 Å². The lowest BCUT2D eigenvalue weighted by atomic mass is 10.2. The zero-order chi connectivity index (χ0) is 13.2. The van der Waals surface area contributed by atoms with E-state index >= 15 is 0 Å². The van der Waals surface area contributed by atoms with E-state index in [1.807, 2.05) is 31.2 Å². The molecule has 0 unspecified atom stereocenters. The Morgan fingerprint density at radius 3 is 3.00 bits per heavy atom. The van der Waals surface area contributed by atoms with Crippen LogP contribution in [0.25, 0.3) is 0 Å². The highest BCUT2D eigenvalue weighted by Crippen LogP contribution is 2.14. The number of hydrogen-bond acceptors (Lipinski definition) is 2. The number of para-hydroxylation sites is 1. The first-order valence-corrected chi connectivity index (χ1v) is 6.14. The summed E-state index contributed by atoms with van der Waals surface area (Å²) in [6.07, 6.45) is 3.54. The molecule has 0 aliphatic heterocycles. The van der Waals surface area contributed by atoms with Gasteiger partial charge >= 0.3 is 0 Å². The number of benzene rings is 1. The zero-order valence-corrected chi connectivity index (χ0v) is 11.2. The van der Waals surface area contributed by atoms with Crippen LogP contribution in [0.2, 0.25) is 0 Å². The fourth-order valence-corrected chi connectivity index (χ4v) is 1.42. The van der Waals surface area contributed by atoms with E-state index in [2.05, 4.69) is 22.4 Å². The summed E-state index contributed by atoms with van der Waals surface area (Å²) in [5.41, 5.74) is 3.80. The van der Waals surface area contributed by atoms with Crippen LogP contribution in [0, 0.1) is 0 Å². The highest BCUT2D eigenvalue weighted by Gasteiger charge is 2.02. The topological polar surface area (TPSA) is 47.3 Å². The van der Waals surface area contributed by atoms with Gasteiger partial charge in [0.15, 0.2) is 0 Å². The van der Waals surface area contributed by atoms with E-state index in [-0.39, 0.29) is 0 Å². The third-order valence-electron chi connectivity index (χ3n) is 2.04. The summed E-state index contributed by atoms with van der Waals surface area (Å²) in [7, 11) is 0. The van der Waals surface area contributed by atoms with Crippen molar-refractivity contribution in [2.24, 2.45) is 0 Å². The average molecular weight is 264 g/mol. The van der Waals surface area contributed by atoms with Crippen molar-refractivity contribution in [2.75, 3.05) is 13.2 Å². The number of rotatable bonds is 6. The van der Waals surface area contributed by atoms with Crippen molar-refractivity contribution >= 4 is 23.5 Å². The molecule has 0 atom stereocenters. The van der Waals surface area contributed by atoms with E-state index in [1.165, 1.54) is 0 Å². The summed E-state index contributed by atoms with van der Waals surface area (Å²) < 4.78 is 5.50. The molecule has 0 bridgehead atoms. The second-order valence-corrected chi connectivity index (χ2v) is 3.79. The molecular formula is C13H18N3OS+. The van der Waals surface area contributed by atoms with Crippen molar-refractivity contribution in [3.63, 3.8) is 0 Å². The molecule has 96 valence electrons. The van der Waals surface area contributed by atoms with Gasteiger partial charge in [0, 0.05) is 6.54 Å². The number of hydrogen-bond donors (Lipinski definition) is 3. The highest BCUT2D eigenvalue weighted by atomic mass is 32.1. The van der Waals surface area contributed by atoms with E-state index < -0.39 is 0 Å². The first-order valence-electron chi connectivity index (χ1n) is 5.73. The largest absolute Gasteiger partial charge is 0.493 e. The van der Waals surface area contributed by atoms with Crippen molar-refractivity contribution < 1.29 is 9.84 Å². The lowest BCUT2D eigenvalue weighted by molar-refractivity contribution is -0.500. The molecule has 0 heterocycles. The van der Waals surface area contributed by atoms with E-state index in [0.29, 0.717) is 18.3 Å². The standard InChI is InChI=1S/C13H17N3OS/c1-3-9-14-13(18)16-15-10-11-7-5-6-8-12(11)17-4-2/h3,5-8,10H,1,4,9H2,2H3,(H2,14,16,18)/p+1. The Kier molecular flexibility index (Phi) is 6.50. The Bertz CT molecular complexity index is 432. The van der Waals surface area contributed by atoms with Gasteiger partial charge in [-0.15, -0.1) is 17.1 Å². The minimum atomic E-state index is 0.514. The smallest absolute Gasteiger partial charge is 0.224 e. The highest BCUT2D eigenvalue weighted by molar-refractivity contribution is 7.80. The predicted octanol–water partition coefficient (Wildman–Crippen LogP) is 0.150. The van der Waals surface area contributed by atoms with Gasteiger partial charge < -0.3 is 10.1 Å². The molecule has 0 saturated carbocycles. The lowest BCUT2D eigenvalue weighted by Crippen LogP contribution is -2.82. The molecule has 4 nitrogen and oxygen atoms in total. The molecule has 0 aromatic heterocycles. The maximum Gasteiger partial charge on any atom is 0.224 e. The van der Waals surface area contributed by atoms with Crippen LogP contribution in [-0.2, 0) is 0 Å². The summed E-state index contributed by atoms with van der Waals surface area (Å²) in [6, 6.07) is 7.77. The van der Waals surface area contributed by atoms with Gasteiger partial charge in [-0.05, 0) is 31.3 Å². The molecular weight excluding hydrogens is 246 g/mol. The second-order valence-electron chi connectivity index (χ2n) is 3.38. The van der Waals surface area contributed by atoms with Crippen LogP contribution >= 0.6 is 12.2 Å². The second kappa shape index (κ2) is 8.25. The maximum absolute atomic E-state index is 5.50. The van der Waals surface area contributed by atoms with Crippen LogP contribution in [0.15, 0.2) is 36.9 Å². The molecule has 0 spiro atoms. The van der Waals surface area contributed by atoms with Crippen molar-refractivity contribution in [3.05, 3.63) is 42.5 Å². The molecule has 1 aromatic rings. The van der Waals surface area contributed by atoms with Crippen molar-refractivity contribution in [2.45, 2.75) is 6.92 Å². The molecule has 3 N–H and O–H groups in total. The Morgan fingerprint density at radius 2 is 2.28 bits per heavy atom. The molecule has 0 saturated heterocycles. The van der Waals surface area contributed by atoms with Crippen LogP contribution in [-0.4, -0.2) is 24.5 Å². The Labute approximate surface area is 113 Å². The molecule has 5 heteroatoms. The summed E-state index contributed by atoms with van der Waals surface area (Å²) in [5.74, 6) is 0.833.